The molecule has 1 aliphatic heterocycles. The summed E-state index contributed by atoms with van der Waals surface area (Å²) in [7, 11) is 0. The van der Waals surface area contributed by atoms with Crippen molar-refractivity contribution in [1.29, 1.82) is 0 Å². The smallest absolute Gasteiger partial charge is 0.315 e. The van der Waals surface area contributed by atoms with Gasteiger partial charge in [-0.1, -0.05) is 17.7 Å². The molecule has 0 spiro atoms. The van der Waals surface area contributed by atoms with Crippen LogP contribution in [0.1, 0.15) is 48.4 Å². The van der Waals surface area contributed by atoms with E-state index < -0.39 is 23.9 Å². The van der Waals surface area contributed by atoms with Crippen molar-refractivity contribution in [2.75, 3.05) is 18.5 Å². The number of nitrogens with one attached hydrogen (secondary N) is 1. The molecule has 1 aromatic carbocycles. The van der Waals surface area contributed by atoms with E-state index in [9.17, 15) is 19.4 Å². The van der Waals surface area contributed by atoms with Crippen molar-refractivity contribution in [3.63, 3.8) is 0 Å². The van der Waals surface area contributed by atoms with Crippen molar-refractivity contribution in [2.24, 2.45) is 5.73 Å². The van der Waals surface area contributed by atoms with Crippen LogP contribution in [0.25, 0.3) is 0 Å². The molecule has 3 rings (SSSR count). The summed E-state index contributed by atoms with van der Waals surface area (Å²) in [5.74, 6) is -0.956. The number of primary amides is 1. The Balaban J connectivity index is 2.16. The van der Waals surface area contributed by atoms with Gasteiger partial charge in [-0.05, 0) is 31.5 Å². The molecule has 0 bridgehead atoms. The molecule has 1 aliphatic rings. The summed E-state index contributed by atoms with van der Waals surface area (Å²) < 4.78 is 13.6. The molecule has 8 nitrogen and oxygen atoms in total. The highest BCUT2D eigenvalue weighted by Crippen LogP contribution is 2.36. The van der Waals surface area contributed by atoms with Crippen LogP contribution in [0.4, 0.5) is 15.1 Å². The van der Waals surface area contributed by atoms with E-state index in [-0.39, 0.29) is 30.8 Å². The quantitative estimate of drug-likeness (QED) is 0.584. The maximum absolute atomic E-state index is 13.6. The van der Waals surface area contributed by atoms with E-state index in [1.165, 1.54) is 23.1 Å². The largest absolute Gasteiger partial charge is 0.395 e. The van der Waals surface area contributed by atoms with Gasteiger partial charge in [0.05, 0.1) is 42.0 Å². The summed E-state index contributed by atoms with van der Waals surface area (Å²) in [6.45, 7) is 3.57. The van der Waals surface area contributed by atoms with Crippen LogP contribution < -0.4 is 11.1 Å². The lowest BCUT2D eigenvalue weighted by Gasteiger charge is -2.33. The molecule has 156 valence electrons. The molecule has 2 amide bonds. The molecule has 0 saturated carbocycles. The molecular formula is C19H23ClFN5O3. The number of carbonyl (C=O) groups excluding carboxylic acids is 1. The van der Waals surface area contributed by atoms with Crippen molar-refractivity contribution in [1.82, 2.24) is 14.9 Å². The van der Waals surface area contributed by atoms with Crippen LogP contribution in [0, 0.1) is 5.82 Å². The minimum Gasteiger partial charge on any atom is -0.395 e. The third-order valence-electron chi connectivity index (χ3n) is 4.71. The highest BCUT2D eigenvalue weighted by Gasteiger charge is 2.33. The minimum atomic E-state index is -1.08. The molecule has 0 radical (unpaired) electrons. The summed E-state index contributed by atoms with van der Waals surface area (Å²) in [6.07, 6.45) is -1.08. The number of nitrogens with zero attached hydrogens (tertiary/aromatic N) is 3. The van der Waals surface area contributed by atoms with Gasteiger partial charge >= 0.3 is 6.03 Å². The van der Waals surface area contributed by atoms with Crippen molar-refractivity contribution < 1.29 is 19.4 Å². The zero-order valence-electron chi connectivity index (χ0n) is 16.1. The molecule has 0 aliphatic carbocycles. The van der Waals surface area contributed by atoms with Gasteiger partial charge in [0.25, 0.3) is 0 Å². The number of β-amino-alcohol motifs (C(OH)–C–C–N with tert-alkyl or cyclic N) is 1. The second-order valence-electron chi connectivity index (χ2n) is 7.24. The second kappa shape index (κ2) is 8.48. The topological polar surface area (TPSA) is 125 Å². The maximum atomic E-state index is 13.6. The van der Waals surface area contributed by atoms with Crippen LogP contribution in [0.3, 0.4) is 0 Å². The summed E-state index contributed by atoms with van der Waals surface area (Å²) in [5, 5.41) is 23.8. The van der Waals surface area contributed by atoms with Crippen LogP contribution in [-0.2, 0) is 6.54 Å². The number of hydrogen-bond donors (Lipinski definition) is 4. The molecule has 2 heterocycles. The molecule has 0 saturated heterocycles. The lowest BCUT2D eigenvalue weighted by molar-refractivity contribution is 0.104. The first-order valence-corrected chi connectivity index (χ1v) is 9.54. The normalized spacial score (nSPS) is 17.2. The van der Waals surface area contributed by atoms with Crippen LogP contribution in [0.15, 0.2) is 18.2 Å². The molecule has 0 fully saturated rings. The first-order valence-electron chi connectivity index (χ1n) is 9.16. The standard InChI is InChI=1S/C19H23ClFN5O3/c1-9(2)23-19-24-14-6-26(18(22)29)7-15(28)16(14)17(25-19)11(8-27)10-3-4-13(21)12(20)5-10/h3-5,9,11,15,27-28H,6-8H2,1-2H3,(H2,22,29)(H,23,24,25)/t11-,15?/m0/s1. The fourth-order valence-corrected chi connectivity index (χ4v) is 3.59. The Labute approximate surface area is 172 Å². The third-order valence-corrected chi connectivity index (χ3v) is 5.00. The highest BCUT2D eigenvalue weighted by molar-refractivity contribution is 6.30. The number of anilines is 1. The molecule has 5 N–H and O–H groups in total. The van der Waals surface area contributed by atoms with Gasteiger partial charge in [-0.25, -0.2) is 19.2 Å². The molecule has 1 unspecified atom stereocenters. The zero-order chi connectivity index (χ0) is 21.3. The van der Waals surface area contributed by atoms with Gasteiger partial charge < -0.3 is 26.2 Å². The van der Waals surface area contributed by atoms with E-state index in [2.05, 4.69) is 15.3 Å². The number of carbonyl (C=O) groups is 1. The average molecular weight is 424 g/mol. The number of aliphatic hydroxyl groups is 2. The zero-order valence-corrected chi connectivity index (χ0v) is 16.8. The number of rotatable bonds is 5. The highest BCUT2D eigenvalue weighted by atomic mass is 35.5. The summed E-state index contributed by atoms with van der Waals surface area (Å²) >= 11 is 5.92. The van der Waals surface area contributed by atoms with Crippen molar-refractivity contribution in [3.05, 3.63) is 51.6 Å². The Morgan fingerprint density at radius 3 is 2.76 bits per heavy atom. The number of aliphatic hydroxyl groups excluding tert-OH is 2. The van der Waals surface area contributed by atoms with Gasteiger partial charge in [-0.15, -0.1) is 0 Å². The molecule has 1 aromatic heterocycles. The van der Waals surface area contributed by atoms with Gasteiger partial charge in [0.15, 0.2) is 0 Å². The first-order chi connectivity index (χ1) is 13.7. The van der Waals surface area contributed by atoms with Gasteiger partial charge in [0, 0.05) is 11.6 Å². The van der Waals surface area contributed by atoms with Crippen molar-refractivity contribution >= 4 is 23.6 Å². The molecule has 10 heteroatoms. The van der Waals surface area contributed by atoms with E-state index >= 15 is 0 Å². The second-order valence-corrected chi connectivity index (χ2v) is 7.64. The number of aromatic nitrogens is 2. The van der Waals surface area contributed by atoms with E-state index in [1.807, 2.05) is 13.8 Å². The number of amides is 2. The Kier molecular flexibility index (Phi) is 6.21. The van der Waals surface area contributed by atoms with Crippen molar-refractivity contribution in [3.8, 4) is 0 Å². The molecule has 2 atom stereocenters. The molecule has 29 heavy (non-hydrogen) atoms. The monoisotopic (exact) mass is 423 g/mol. The van der Waals surface area contributed by atoms with Crippen molar-refractivity contribution in [2.45, 2.75) is 38.5 Å². The fraction of sp³-hybridized carbons (Fsp3) is 0.421. The number of urea groups is 1. The van der Waals surface area contributed by atoms with Crippen LogP contribution in [-0.4, -0.2) is 50.3 Å². The number of fused-ring (bicyclic) bond motifs is 1. The Bertz CT molecular complexity index is 927. The van der Waals surface area contributed by atoms with Gasteiger partial charge in [0.1, 0.15) is 11.9 Å². The van der Waals surface area contributed by atoms with E-state index in [4.69, 9.17) is 17.3 Å². The predicted octanol–water partition coefficient (Wildman–Crippen LogP) is 2.14. The van der Waals surface area contributed by atoms with Gasteiger partial charge in [-0.2, -0.15) is 0 Å². The van der Waals surface area contributed by atoms with E-state index in [1.54, 1.807) is 0 Å². The maximum Gasteiger partial charge on any atom is 0.315 e. The third kappa shape index (κ3) is 4.42. The minimum absolute atomic E-state index is 0.0159. The predicted molar refractivity (Wildman–Crippen MR) is 106 cm³/mol. The van der Waals surface area contributed by atoms with Crippen LogP contribution in [0.5, 0.6) is 0 Å². The summed E-state index contributed by atoms with van der Waals surface area (Å²) in [5.41, 5.74) is 7.17. The van der Waals surface area contributed by atoms with Gasteiger partial charge in [-0.3, -0.25) is 0 Å². The van der Waals surface area contributed by atoms with Gasteiger partial charge in [0.2, 0.25) is 5.95 Å². The van der Waals surface area contributed by atoms with E-state index in [0.29, 0.717) is 28.5 Å². The average Bonchev–Trinajstić information content (AvgIpc) is 2.64. The first kappa shape index (κ1) is 21.2. The summed E-state index contributed by atoms with van der Waals surface area (Å²) in [6, 6.07) is 3.50. The fourth-order valence-electron chi connectivity index (χ4n) is 3.40. The lowest BCUT2D eigenvalue weighted by Crippen LogP contribution is -2.42. The van der Waals surface area contributed by atoms with E-state index in [0.717, 1.165) is 0 Å². The van der Waals surface area contributed by atoms with Crippen LogP contribution >= 0.6 is 11.6 Å². The van der Waals surface area contributed by atoms with Crippen LogP contribution in [0.2, 0.25) is 5.02 Å². The summed E-state index contributed by atoms with van der Waals surface area (Å²) in [4.78, 5) is 21.9. The Morgan fingerprint density at radius 2 is 2.17 bits per heavy atom. The molecule has 2 aromatic rings. The SMILES string of the molecule is CC(C)Nc1nc2c(c([C@@H](CO)c3ccc(F)c(Cl)c3)n1)C(O)CN(C(N)=O)C2. The molecular weight excluding hydrogens is 401 g/mol. The Hall–Kier alpha value is -2.49. The lowest BCUT2D eigenvalue weighted by atomic mass is 9.89. The number of nitrogens with two attached hydrogens (primary N) is 1. The number of halogens is 2. The Morgan fingerprint density at radius 1 is 1.45 bits per heavy atom. The number of hydrogen-bond acceptors (Lipinski definition) is 6. The number of benzene rings is 1.